The number of aromatic nitrogens is 3. The molecule has 2 heterocycles. The molecule has 0 saturated carbocycles. The molecule has 0 saturated heterocycles. The predicted octanol–water partition coefficient (Wildman–Crippen LogP) is 3.89. The third kappa shape index (κ3) is 5.38. The van der Waals surface area contributed by atoms with Gasteiger partial charge in [-0.05, 0) is 41.8 Å². The lowest BCUT2D eigenvalue weighted by atomic mass is 10.2. The van der Waals surface area contributed by atoms with Crippen LogP contribution in [0.1, 0.15) is 44.1 Å². The summed E-state index contributed by atoms with van der Waals surface area (Å²) < 4.78 is 5.92. The first-order valence-corrected chi connectivity index (χ1v) is 9.06. The molecule has 0 atom stereocenters. The van der Waals surface area contributed by atoms with Gasteiger partial charge in [-0.2, -0.15) is 0 Å². The molecule has 0 fully saturated rings. The van der Waals surface area contributed by atoms with Crippen LogP contribution in [0.15, 0.2) is 29.0 Å². The van der Waals surface area contributed by atoms with Gasteiger partial charge >= 0.3 is 0 Å². The Labute approximate surface area is 155 Å². The van der Waals surface area contributed by atoms with Crippen LogP contribution < -0.4 is 15.4 Å². The number of pyridine rings is 1. The number of hydrogen-bond donors (Lipinski definition) is 2. The van der Waals surface area contributed by atoms with Crippen LogP contribution in [0.3, 0.4) is 0 Å². The average molecular weight is 408 g/mol. The van der Waals surface area contributed by atoms with Crippen LogP contribution in [0.25, 0.3) is 0 Å². The van der Waals surface area contributed by atoms with Gasteiger partial charge in [-0.1, -0.05) is 19.9 Å². The summed E-state index contributed by atoms with van der Waals surface area (Å²) in [5, 5.41) is 6.08. The molecule has 0 aliphatic rings. The normalized spacial score (nSPS) is 10.6. The minimum absolute atomic E-state index is 0.249. The Bertz CT molecular complexity index is 722. The van der Waals surface area contributed by atoms with Gasteiger partial charge in [-0.25, -0.2) is 15.0 Å². The molecule has 0 aliphatic carbocycles. The van der Waals surface area contributed by atoms with E-state index in [9.17, 15) is 4.79 Å². The highest BCUT2D eigenvalue weighted by atomic mass is 79.9. The SMILES string of the molecule is CCOc1cccc(C(=O)Nc2ncc(Br)nc2NC(CC)CC)n1. The summed E-state index contributed by atoms with van der Waals surface area (Å²) >= 11 is 3.31. The summed E-state index contributed by atoms with van der Waals surface area (Å²) in [4.78, 5) is 25.3. The number of carbonyl (C=O) groups excluding carboxylic acids is 1. The van der Waals surface area contributed by atoms with E-state index in [1.54, 1.807) is 18.2 Å². The molecule has 0 aliphatic heterocycles. The molecule has 0 unspecified atom stereocenters. The van der Waals surface area contributed by atoms with Crippen molar-refractivity contribution in [1.82, 2.24) is 15.0 Å². The summed E-state index contributed by atoms with van der Waals surface area (Å²) in [5.41, 5.74) is 0.254. The number of hydrogen-bond acceptors (Lipinski definition) is 6. The molecule has 8 heteroatoms. The fraction of sp³-hybridized carbons (Fsp3) is 0.412. The van der Waals surface area contributed by atoms with E-state index in [1.807, 2.05) is 6.92 Å². The molecular formula is C17H22BrN5O2. The molecule has 7 nitrogen and oxygen atoms in total. The van der Waals surface area contributed by atoms with Crippen LogP contribution in [-0.4, -0.2) is 33.5 Å². The van der Waals surface area contributed by atoms with Crippen molar-refractivity contribution in [1.29, 1.82) is 0 Å². The van der Waals surface area contributed by atoms with E-state index in [4.69, 9.17) is 4.74 Å². The largest absolute Gasteiger partial charge is 0.478 e. The Balaban J connectivity index is 2.21. The van der Waals surface area contributed by atoms with Gasteiger partial charge in [0.25, 0.3) is 5.91 Å². The highest BCUT2D eigenvalue weighted by molar-refractivity contribution is 9.10. The van der Waals surface area contributed by atoms with Crippen LogP contribution in [0.2, 0.25) is 0 Å². The van der Waals surface area contributed by atoms with E-state index in [1.165, 1.54) is 6.20 Å². The van der Waals surface area contributed by atoms with Crippen LogP contribution >= 0.6 is 15.9 Å². The van der Waals surface area contributed by atoms with Gasteiger partial charge in [0.1, 0.15) is 10.3 Å². The Hall–Kier alpha value is -2.22. The van der Waals surface area contributed by atoms with Gasteiger partial charge in [-0.3, -0.25) is 4.79 Å². The zero-order valence-electron chi connectivity index (χ0n) is 14.5. The summed E-state index contributed by atoms with van der Waals surface area (Å²) in [6.07, 6.45) is 3.42. The van der Waals surface area contributed by atoms with E-state index in [2.05, 4.69) is 55.4 Å². The van der Waals surface area contributed by atoms with Crippen LogP contribution in [-0.2, 0) is 0 Å². The van der Waals surface area contributed by atoms with Crippen molar-refractivity contribution >= 4 is 33.5 Å². The van der Waals surface area contributed by atoms with Gasteiger partial charge in [0.2, 0.25) is 5.88 Å². The Morgan fingerprint density at radius 2 is 1.96 bits per heavy atom. The number of carbonyl (C=O) groups is 1. The number of amides is 1. The molecule has 2 N–H and O–H groups in total. The lowest BCUT2D eigenvalue weighted by Gasteiger charge is -2.17. The zero-order chi connectivity index (χ0) is 18.2. The number of nitrogens with zero attached hydrogens (tertiary/aromatic N) is 3. The first kappa shape index (κ1) is 19.1. The fourth-order valence-electron chi connectivity index (χ4n) is 2.19. The smallest absolute Gasteiger partial charge is 0.275 e. The molecule has 2 aromatic heterocycles. The van der Waals surface area contributed by atoms with Crippen molar-refractivity contribution in [3.8, 4) is 5.88 Å². The highest BCUT2D eigenvalue weighted by Crippen LogP contribution is 2.22. The molecule has 0 radical (unpaired) electrons. The minimum Gasteiger partial charge on any atom is -0.478 e. The minimum atomic E-state index is -0.370. The van der Waals surface area contributed by atoms with E-state index in [-0.39, 0.29) is 17.6 Å². The van der Waals surface area contributed by atoms with Gasteiger partial charge in [0.05, 0.1) is 12.8 Å². The molecule has 0 aromatic carbocycles. The second kappa shape index (κ2) is 9.31. The Morgan fingerprint density at radius 1 is 1.20 bits per heavy atom. The summed E-state index contributed by atoms with van der Waals surface area (Å²) in [5.74, 6) is 0.930. The number of anilines is 2. The molecular weight excluding hydrogens is 386 g/mol. The van der Waals surface area contributed by atoms with Crippen LogP contribution in [0.5, 0.6) is 5.88 Å². The Morgan fingerprint density at radius 3 is 2.64 bits per heavy atom. The topological polar surface area (TPSA) is 89.0 Å². The van der Waals surface area contributed by atoms with Crippen molar-refractivity contribution in [2.24, 2.45) is 0 Å². The van der Waals surface area contributed by atoms with E-state index in [0.29, 0.717) is 28.7 Å². The van der Waals surface area contributed by atoms with E-state index < -0.39 is 0 Å². The number of rotatable bonds is 8. The Kier molecular flexibility index (Phi) is 7.12. The zero-order valence-corrected chi connectivity index (χ0v) is 16.1. The molecule has 2 aromatic rings. The fourth-order valence-corrected chi connectivity index (χ4v) is 2.47. The molecule has 134 valence electrons. The van der Waals surface area contributed by atoms with Crippen LogP contribution in [0.4, 0.5) is 11.6 Å². The van der Waals surface area contributed by atoms with Crippen molar-refractivity contribution in [3.05, 3.63) is 34.7 Å². The molecule has 0 spiro atoms. The second-order valence-electron chi connectivity index (χ2n) is 5.30. The first-order valence-electron chi connectivity index (χ1n) is 8.27. The second-order valence-corrected chi connectivity index (χ2v) is 6.11. The first-order chi connectivity index (χ1) is 12.1. The quantitative estimate of drug-likeness (QED) is 0.689. The number of halogens is 1. The van der Waals surface area contributed by atoms with Gasteiger partial charge in [0.15, 0.2) is 11.6 Å². The molecule has 25 heavy (non-hydrogen) atoms. The maximum atomic E-state index is 12.5. The molecule has 2 rings (SSSR count). The standard InChI is InChI=1S/C17H22BrN5O2/c1-4-11(5-2)20-16-15(19-10-13(18)22-16)23-17(24)12-8-7-9-14(21-12)25-6-3/h7-11H,4-6H2,1-3H3,(H,20,22)(H,19,23,24). The lowest BCUT2D eigenvalue weighted by molar-refractivity contribution is 0.102. The number of ether oxygens (including phenoxy) is 1. The summed E-state index contributed by atoms with van der Waals surface area (Å²) in [6, 6.07) is 5.31. The third-order valence-electron chi connectivity index (χ3n) is 3.55. The highest BCUT2D eigenvalue weighted by Gasteiger charge is 2.15. The van der Waals surface area contributed by atoms with Crippen LogP contribution in [0, 0.1) is 0 Å². The van der Waals surface area contributed by atoms with Gasteiger partial charge in [-0.15, -0.1) is 0 Å². The lowest BCUT2D eigenvalue weighted by Crippen LogP contribution is -2.22. The maximum Gasteiger partial charge on any atom is 0.275 e. The summed E-state index contributed by atoms with van der Waals surface area (Å²) in [7, 11) is 0. The van der Waals surface area contributed by atoms with E-state index in [0.717, 1.165) is 12.8 Å². The summed E-state index contributed by atoms with van der Waals surface area (Å²) in [6.45, 7) is 6.53. The predicted molar refractivity (Wildman–Crippen MR) is 101 cm³/mol. The van der Waals surface area contributed by atoms with Crippen molar-refractivity contribution in [2.75, 3.05) is 17.2 Å². The van der Waals surface area contributed by atoms with Gasteiger partial charge in [0, 0.05) is 12.1 Å². The van der Waals surface area contributed by atoms with Crippen molar-refractivity contribution in [2.45, 2.75) is 39.7 Å². The number of nitrogens with one attached hydrogen (secondary N) is 2. The van der Waals surface area contributed by atoms with Crippen molar-refractivity contribution < 1.29 is 9.53 Å². The van der Waals surface area contributed by atoms with Gasteiger partial charge < -0.3 is 15.4 Å². The molecule has 0 bridgehead atoms. The molecule has 1 amide bonds. The van der Waals surface area contributed by atoms with E-state index >= 15 is 0 Å². The van der Waals surface area contributed by atoms with Crippen molar-refractivity contribution in [3.63, 3.8) is 0 Å². The maximum absolute atomic E-state index is 12.5. The monoisotopic (exact) mass is 407 g/mol. The average Bonchev–Trinajstić information content (AvgIpc) is 2.62. The third-order valence-corrected chi connectivity index (χ3v) is 3.93.